The molecule has 1 nitrogen and oxygen atoms in total. The van der Waals surface area contributed by atoms with Crippen LogP contribution in [-0.2, 0) is 0 Å². The quantitative estimate of drug-likeness (QED) is 0.666. The Morgan fingerprint density at radius 2 is 2.54 bits per heavy atom. The Kier molecular flexibility index (Phi) is 4.78. The van der Waals surface area contributed by atoms with Crippen molar-refractivity contribution >= 4 is 33.9 Å². The van der Waals surface area contributed by atoms with Crippen LogP contribution >= 0.6 is 33.9 Å². The van der Waals surface area contributed by atoms with Crippen LogP contribution in [0, 0.1) is 15.2 Å². The van der Waals surface area contributed by atoms with E-state index >= 15 is 0 Å². The Balaban J connectivity index is 2.62. The van der Waals surface area contributed by atoms with Crippen molar-refractivity contribution in [3.63, 3.8) is 0 Å². The van der Waals surface area contributed by atoms with Gasteiger partial charge in [0.05, 0.1) is 2.88 Å². The largest absolute Gasteiger partial charge is 0.313 e. The summed E-state index contributed by atoms with van der Waals surface area (Å²) in [7, 11) is 1.98. The second-order valence-electron chi connectivity index (χ2n) is 2.77. The van der Waals surface area contributed by atoms with Crippen molar-refractivity contribution in [1.82, 2.24) is 5.32 Å². The molecule has 70 valence electrons. The van der Waals surface area contributed by atoms with Crippen LogP contribution in [0.25, 0.3) is 0 Å². The molecule has 13 heavy (non-hydrogen) atoms. The van der Waals surface area contributed by atoms with Gasteiger partial charge >= 0.3 is 0 Å². The molecule has 0 aliphatic carbocycles. The maximum Gasteiger partial charge on any atom is 0.0656 e. The van der Waals surface area contributed by atoms with Crippen LogP contribution in [-0.4, -0.2) is 7.05 Å². The smallest absolute Gasteiger partial charge is 0.0656 e. The van der Waals surface area contributed by atoms with Gasteiger partial charge in [-0.1, -0.05) is 0 Å². The summed E-state index contributed by atoms with van der Waals surface area (Å²) in [6, 6.07) is 2.62. The standard InChI is InChI=1S/C10H12INS/c1-3-4-5-9(12-2)8-6-10(11)13-7-8/h1,6-7,9,12H,4-5H2,2H3. The summed E-state index contributed by atoms with van der Waals surface area (Å²) in [5.74, 6) is 2.67. The third kappa shape index (κ3) is 3.29. The number of nitrogens with one attached hydrogen (secondary N) is 1. The Hall–Kier alpha value is -0.0500. The first-order chi connectivity index (χ1) is 6.27. The average Bonchev–Trinajstić information content (AvgIpc) is 2.54. The van der Waals surface area contributed by atoms with Crippen molar-refractivity contribution in [1.29, 1.82) is 0 Å². The highest BCUT2D eigenvalue weighted by Gasteiger charge is 2.09. The summed E-state index contributed by atoms with van der Waals surface area (Å²) in [6.07, 6.45) is 7.08. The molecule has 3 heteroatoms. The zero-order chi connectivity index (χ0) is 9.68. The normalized spacial score (nSPS) is 12.4. The molecule has 1 unspecified atom stereocenters. The number of hydrogen-bond donors (Lipinski definition) is 1. The van der Waals surface area contributed by atoms with Crippen molar-refractivity contribution in [2.45, 2.75) is 18.9 Å². The number of rotatable bonds is 4. The predicted molar refractivity (Wildman–Crippen MR) is 66.9 cm³/mol. The molecule has 0 aliphatic heterocycles. The molecule has 1 heterocycles. The molecule has 0 aromatic carbocycles. The van der Waals surface area contributed by atoms with Crippen molar-refractivity contribution in [2.24, 2.45) is 0 Å². The van der Waals surface area contributed by atoms with Gasteiger partial charge in [0, 0.05) is 12.5 Å². The molecular formula is C10H12INS. The van der Waals surface area contributed by atoms with E-state index in [1.54, 1.807) is 11.3 Å². The van der Waals surface area contributed by atoms with E-state index in [2.05, 4.69) is 45.3 Å². The molecule has 1 rings (SSSR count). The summed E-state index contributed by atoms with van der Waals surface area (Å²) in [6.45, 7) is 0. The van der Waals surface area contributed by atoms with E-state index in [-0.39, 0.29) is 0 Å². The predicted octanol–water partition coefficient (Wildman–Crippen LogP) is 3.03. The number of thiophene rings is 1. The van der Waals surface area contributed by atoms with Gasteiger partial charge < -0.3 is 5.32 Å². The van der Waals surface area contributed by atoms with Gasteiger partial charge in [-0.15, -0.1) is 23.7 Å². The van der Waals surface area contributed by atoms with Crippen LogP contribution in [0.1, 0.15) is 24.4 Å². The van der Waals surface area contributed by atoms with Crippen LogP contribution in [0.2, 0.25) is 0 Å². The lowest BCUT2D eigenvalue weighted by molar-refractivity contribution is 0.560. The first-order valence-electron chi connectivity index (χ1n) is 4.12. The third-order valence-corrected chi connectivity index (χ3v) is 3.72. The summed E-state index contributed by atoms with van der Waals surface area (Å²) in [4.78, 5) is 0. The highest BCUT2D eigenvalue weighted by Crippen LogP contribution is 2.24. The zero-order valence-electron chi connectivity index (χ0n) is 7.51. The van der Waals surface area contributed by atoms with Gasteiger partial charge in [0.1, 0.15) is 0 Å². The molecule has 0 saturated carbocycles. The van der Waals surface area contributed by atoms with Gasteiger partial charge in [0.15, 0.2) is 0 Å². The number of terminal acetylenes is 1. The summed E-state index contributed by atoms with van der Waals surface area (Å²) >= 11 is 4.12. The molecule has 0 amide bonds. The lowest BCUT2D eigenvalue weighted by Gasteiger charge is -2.12. The SMILES string of the molecule is C#CCCC(NC)c1csc(I)c1. The highest BCUT2D eigenvalue weighted by atomic mass is 127. The number of halogens is 1. The van der Waals surface area contributed by atoms with Crippen molar-refractivity contribution in [3.05, 3.63) is 19.9 Å². The minimum atomic E-state index is 0.413. The van der Waals surface area contributed by atoms with Gasteiger partial charge in [-0.25, -0.2) is 0 Å². The van der Waals surface area contributed by atoms with Gasteiger partial charge in [0.25, 0.3) is 0 Å². The molecular weight excluding hydrogens is 293 g/mol. The van der Waals surface area contributed by atoms with Gasteiger partial charge in [-0.05, 0) is 53.1 Å². The fourth-order valence-electron chi connectivity index (χ4n) is 1.21. The fourth-order valence-corrected chi connectivity index (χ4v) is 2.64. The van der Waals surface area contributed by atoms with E-state index in [1.165, 1.54) is 8.45 Å². The second kappa shape index (κ2) is 5.63. The van der Waals surface area contributed by atoms with E-state index in [1.807, 2.05) is 7.05 Å². The van der Waals surface area contributed by atoms with Crippen LogP contribution in [0.3, 0.4) is 0 Å². The third-order valence-electron chi connectivity index (χ3n) is 1.92. The lowest BCUT2D eigenvalue weighted by atomic mass is 10.1. The van der Waals surface area contributed by atoms with Crippen molar-refractivity contribution in [2.75, 3.05) is 7.05 Å². The maximum atomic E-state index is 5.24. The van der Waals surface area contributed by atoms with Gasteiger partial charge in [-0.3, -0.25) is 0 Å². The van der Waals surface area contributed by atoms with Crippen molar-refractivity contribution in [3.8, 4) is 12.3 Å². The average molecular weight is 305 g/mol. The van der Waals surface area contributed by atoms with E-state index in [0.29, 0.717) is 6.04 Å². The van der Waals surface area contributed by atoms with Crippen LogP contribution < -0.4 is 5.32 Å². The monoisotopic (exact) mass is 305 g/mol. The Labute approximate surface area is 97.1 Å². The minimum absolute atomic E-state index is 0.413. The van der Waals surface area contributed by atoms with Crippen molar-refractivity contribution < 1.29 is 0 Å². The minimum Gasteiger partial charge on any atom is -0.313 e. The maximum absolute atomic E-state index is 5.24. The van der Waals surface area contributed by atoms with Crippen LogP contribution in [0.4, 0.5) is 0 Å². The molecule has 1 aromatic rings. The van der Waals surface area contributed by atoms with E-state index < -0.39 is 0 Å². The van der Waals surface area contributed by atoms with Gasteiger partial charge in [-0.2, -0.15) is 0 Å². The summed E-state index contributed by atoms with van der Waals surface area (Å²) in [5, 5.41) is 5.47. The molecule has 1 aromatic heterocycles. The Bertz CT molecular complexity index is 300. The molecule has 1 atom stereocenters. The van der Waals surface area contributed by atoms with Crippen LogP contribution in [0.5, 0.6) is 0 Å². The van der Waals surface area contributed by atoms with E-state index in [9.17, 15) is 0 Å². The molecule has 0 aliphatic rings. The fraction of sp³-hybridized carbons (Fsp3) is 0.400. The summed E-state index contributed by atoms with van der Waals surface area (Å²) < 4.78 is 1.33. The molecule has 0 radical (unpaired) electrons. The van der Waals surface area contributed by atoms with E-state index in [4.69, 9.17) is 6.42 Å². The Morgan fingerprint density at radius 1 is 1.77 bits per heavy atom. The van der Waals surface area contributed by atoms with Crippen LogP contribution in [0.15, 0.2) is 11.4 Å². The summed E-state index contributed by atoms with van der Waals surface area (Å²) in [5.41, 5.74) is 1.35. The zero-order valence-corrected chi connectivity index (χ0v) is 10.5. The molecule has 0 fully saturated rings. The number of hydrogen-bond acceptors (Lipinski definition) is 2. The topological polar surface area (TPSA) is 12.0 Å². The lowest BCUT2D eigenvalue weighted by Crippen LogP contribution is -2.15. The molecule has 0 saturated heterocycles. The Morgan fingerprint density at radius 3 is 3.00 bits per heavy atom. The molecule has 0 bridgehead atoms. The van der Waals surface area contributed by atoms with E-state index in [0.717, 1.165) is 12.8 Å². The first kappa shape index (κ1) is 11.0. The highest BCUT2D eigenvalue weighted by molar-refractivity contribution is 14.1. The van der Waals surface area contributed by atoms with Gasteiger partial charge in [0.2, 0.25) is 0 Å². The molecule has 0 spiro atoms. The molecule has 1 N–H and O–H groups in total. The second-order valence-corrected chi connectivity index (χ2v) is 5.57. The first-order valence-corrected chi connectivity index (χ1v) is 6.08.